The van der Waals surface area contributed by atoms with Crippen LogP contribution in [0.1, 0.15) is 15.4 Å². The lowest BCUT2D eigenvalue weighted by molar-refractivity contribution is 0.582. The van der Waals surface area contributed by atoms with Crippen LogP contribution in [0.4, 0.5) is 0 Å². The third-order valence-electron chi connectivity index (χ3n) is 2.53. The largest absolute Gasteiger partial charge is 0.389 e. The zero-order valence-electron chi connectivity index (χ0n) is 10.7. The molecule has 5 nitrogen and oxygen atoms in total. The Bertz CT molecular complexity index is 738. The summed E-state index contributed by atoms with van der Waals surface area (Å²) in [4.78, 5) is 5.24. The van der Waals surface area contributed by atoms with Gasteiger partial charge in [0.2, 0.25) is 10.0 Å². The highest BCUT2D eigenvalue weighted by Crippen LogP contribution is 2.15. The van der Waals surface area contributed by atoms with Gasteiger partial charge in [-0.1, -0.05) is 24.4 Å². The molecule has 0 saturated heterocycles. The van der Waals surface area contributed by atoms with Crippen molar-refractivity contribution in [2.75, 3.05) is 0 Å². The Morgan fingerprint density at radius 1 is 1.50 bits per heavy atom. The molecule has 0 aliphatic carbocycles. The van der Waals surface area contributed by atoms with Crippen LogP contribution in [0.15, 0.2) is 35.4 Å². The second kappa shape index (κ2) is 5.96. The number of nitrogens with two attached hydrogens (primary N) is 1. The molecule has 2 aromatic rings. The van der Waals surface area contributed by atoms with Crippen LogP contribution in [0.5, 0.6) is 0 Å². The van der Waals surface area contributed by atoms with E-state index in [1.807, 2.05) is 6.92 Å². The van der Waals surface area contributed by atoms with E-state index in [2.05, 4.69) is 9.71 Å². The van der Waals surface area contributed by atoms with Crippen LogP contribution < -0.4 is 10.5 Å². The number of rotatable bonds is 5. The first-order valence-corrected chi connectivity index (χ1v) is 8.40. The van der Waals surface area contributed by atoms with Crippen molar-refractivity contribution in [1.29, 1.82) is 0 Å². The van der Waals surface area contributed by atoms with Gasteiger partial charge in [-0.15, -0.1) is 11.3 Å². The van der Waals surface area contributed by atoms with Gasteiger partial charge in [0.05, 0.1) is 9.90 Å². The minimum Gasteiger partial charge on any atom is -0.389 e. The van der Waals surface area contributed by atoms with Crippen LogP contribution >= 0.6 is 23.6 Å². The van der Waals surface area contributed by atoms with Crippen LogP contribution in [0.25, 0.3) is 0 Å². The van der Waals surface area contributed by atoms with Gasteiger partial charge in [-0.25, -0.2) is 18.1 Å². The minimum atomic E-state index is -3.59. The van der Waals surface area contributed by atoms with E-state index in [-0.39, 0.29) is 16.4 Å². The predicted octanol–water partition coefficient (Wildman–Crippen LogP) is 1.56. The topological polar surface area (TPSA) is 85.1 Å². The molecule has 0 unspecified atom stereocenters. The number of nitrogens with one attached hydrogen (secondary N) is 1. The Labute approximate surface area is 126 Å². The standard InChI is InChI=1S/C12H13N3O2S3/c1-8-14-6-10(19-8)7-15-20(16,17)11-4-2-3-9(5-11)12(13)18/h2-6,15H,7H2,1H3,(H2,13,18). The molecular weight excluding hydrogens is 314 g/mol. The molecule has 1 aromatic carbocycles. The lowest BCUT2D eigenvalue weighted by Crippen LogP contribution is -2.23. The van der Waals surface area contributed by atoms with Crippen LogP contribution in [0, 0.1) is 6.92 Å². The fraction of sp³-hybridized carbons (Fsp3) is 0.167. The first kappa shape index (κ1) is 15.0. The van der Waals surface area contributed by atoms with Gasteiger partial charge < -0.3 is 5.73 Å². The summed E-state index contributed by atoms with van der Waals surface area (Å²) >= 11 is 6.30. The maximum absolute atomic E-state index is 12.2. The first-order chi connectivity index (χ1) is 9.38. The summed E-state index contributed by atoms with van der Waals surface area (Å²) in [5.74, 6) is 0. The molecular formula is C12H13N3O2S3. The van der Waals surface area contributed by atoms with Gasteiger partial charge in [-0.2, -0.15) is 0 Å². The molecule has 0 aliphatic heterocycles. The van der Waals surface area contributed by atoms with E-state index in [0.29, 0.717) is 5.56 Å². The maximum Gasteiger partial charge on any atom is 0.240 e. The predicted molar refractivity (Wildman–Crippen MR) is 83.2 cm³/mol. The van der Waals surface area contributed by atoms with Crippen molar-refractivity contribution in [3.63, 3.8) is 0 Å². The number of benzene rings is 1. The molecule has 0 atom stereocenters. The SMILES string of the molecule is Cc1ncc(CNS(=O)(=O)c2cccc(C(N)=S)c2)s1. The van der Waals surface area contributed by atoms with Crippen molar-refractivity contribution in [2.45, 2.75) is 18.4 Å². The fourth-order valence-corrected chi connectivity index (χ4v) is 3.56. The fourth-order valence-electron chi connectivity index (χ4n) is 1.55. The van der Waals surface area contributed by atoms with Gasteiger partial charge in [0.1, 0.15) is 4.99 Å². The summed E-state index contributed by atoms with van der Waals surface area (Å²) in [5.41, 5.74) is 6.03. The average molecular weight is 327 g/mol. The van der Waals surface area contributed by atoms with Crippen molar-refractivity contribution in [2.24, 2.45) is 5.73 Å². The summed E-state index contributed by atoms with van der Waals surface area (Å²) in [5, 5.41) is 0.898. The third kappa shape index (κ3) is 3.60. The highest BCUT2D eigenvalue weighted by Gasteiger charge is 2.15. The maximum atomic E-state index is 12.2. The number of nitrogens with zero attached hydrogens (tertiary/aromatic N) is 1. The highest BCUT2D eigenvalue weighted by molar-refractivity contribution is 7.89. The van der Waals surface area contributed by atoms with E-state index in [1.165, 1.54) is 23.5 Å². The molecule has 106 valence electrons. The second-order valence-corrected chi connectivity index (χ2v) is 7.59. The Hall–Kier alpha value is -1.35. The first-order valence-electron chi connectivity index (χ1n) is 5.69. The van der Waals surface area contributed by atoms with Gasteiger partial charge in [-0.3, -0.25) is 0 Å². The van der Waals surface area contributed by atoms with Gasteiger partial charge in [-0.05, 0) is 19.1 Å². The van der Waals surface area contributed by atoms with Crippen LogP contribution in [0.2, 0.25) is 0 Å². The van der Waals surface area contributed by atoms with Gasteiger partial charge >= 0.3 is 0 Å². The summed E-state index contributed by atoms with van der Waals surface area (Å²) in [6.45, 7) is 2.08. The van der Waals surface area contributed by atoms with Crippen molar-refractivity contribution in [3.8, 4) is 0 Å². The lowest BCUT2D eigenvalue weighted by Gasteiger charge is -2.07. The number of thiazole rings is 1. The van der Waals surface area contributed by atoms with Gasteiger partial charge in [0, 0.05) is 23.2 Å². The molecule has 0 fully saturated rings. The molecule has 0 amide bonds. The minimum absolute atomic E-state index is 0.143. The molecule has 20 heavy (non-hydrogen) atoms. The van der Waals surface area contributed by atoms with Crippen molar-refractivity contribution in [3.05, 3.63) is 45.9 Å². The van der Waals surface area contributed by atoms with Crippen molar-refractivity contribution < 1.29 is 8.42 Å². The average Bonchev–Trinajstić information content (AvgIpc) is 2.82. The van der Waals surface area contributed by atoms with E-state index in [9.17, 15) is 8.42 Å². The monoisotopic (exact) mass is 327 g/mol. The number of aryl methyl sites for hydroxylation is 1. The van der Waals surface area contributed by atoms with Crippen molar-refractivity contribution in [1.82, 2.24) is 9.71 Å². The summed E-state index contributed by atoms with van der Waals surface area (Å²) in [6.07, 6.45) is 1.66. The van der Waals surface area contributed by atoms with E-state index in [0.717, 1.165) is 9.88 Å². The van der Waals surface area contributed by atoms with Gasteiger partial charge in [0.25, 0.3) is 0 Å². The molecule has 2 rings (SSSR count). The Morgan fingerprint density at radius 2 is 2.25 bits per heavy atom. The third-order valence-corrected chi connectivity index (χ3v) is 5.08. The zero-order valence-corrected chi connectivity index (χ0v) is 13.1. The Morgan fingerprint density at radius 3 is 2.85 bits per heavy atom. The van der Waals surface area contributed by atoms with E-state index in [4.69, 9.17) is 18.0 Å². The number of hydrogen-bond donors (Lipinski definition) is 2. The smallest absolute Gasteiger partial charge is 0.240 e. The zero-order chi connectivity index (χ0) is 14.8. The summed E-state index contributed by atoms with van der Waals surface area (Å²) < 4.78 is 26.9. The molecule has 1 aromatic heterocycles. The van der Waals surface area contributed by atoms with E-state index >= 15 is 0 Å². The molecule has 0 spiro atoms. The molecule has 0 bridgehead atoms. The summed E-state index contributed by atoms with van der Waals surface area (Å²) in [6, 6.07) is 6.25. The second-order valence-electron chi connectivity index (χ2n) is 4.06. The highest BCUT2D eigenvalue weighted by atomic mass is 32.2. The number of hydrogen-bond acceptors (Lipinski definition) is 5. The molecule has 3 N–H and O–H groups in total. The normalized spacial score (nSPS) is 11.4. The van der Waals surface area contributed by atoms with Crippen LogP contribution in [0.3, 0.4) is 0 Å². The molecule has 1 heterocycles. The Kier molecular flexibility index (Phi) is 4.48. The van der Waals surface area contributed by atoms with E-state index < -0.39 is 10.0 Å². The molecule has 0 aliphatic rings. The molecule has 8 heteroatoms. The Balaban J connectivity index is 2.17. The van der Waals surface area contributed by atoms with Crippen LogP contribution in [-0.4, -0.2) is 18.4 Å². The molecule has 0 saturated carbocycles. The molecule has 0 radical (unpaired) electrons. The van der Waals surface area contributed by atoms with Crippen LogP contribution in [-0.2, 0) is 16.6 Å². The quantitative estimate of drug-likeness (QED) is 0.814. The number of sulfonamides is 1. The van der Waals surface area contributed by atoms with Gasteiger partial charge in [0.15, 0.2) is 0 Å². The van der Waals surface area contributed by atoms with Crippen molar-refractivity contribution >= 4 is 38.6 Å². The number of aromatic nitrogens is 1. The number of thiocarbonyl (C=S) groups is 1. The summed E-state index contributed by atoms with van der Waals surface area (Å²) in [7, 11) is -3.59. The lowest BCUT2D eigenvalue weighted by atomic mass is 10.2. The van der Waals surface area contributed by atoms with E-state index in [1.54, 1.807) is 18.3 Å².